The smallest absolute Gasteiger partial charge is 0.325 e. The van der Waals surface area contributed by atoms with Gasteiger partial charge in [0.1, 0.15) is 5.82 Å². The van der Waals surface area contributed by atoms with Gasteiger partial charge in [0.2, 0.25) is 11.8 Å². The number of carbonyl (C=O) groups is 1. The van der Waals surface area contributed by atoms with E-state index in [2.05, 4.69) is 16.8 Å². The Morgan fingerprint density at radius 2 is 2.30 bits per heavy atom. The SMILES string of the molecule is C=CC1CC(=O)N(c2nnc(-c3cccc(F)c3)o2)C1. The van der Waals surface area contributed by atoms with Crippen LogP contribution in [0.2, 0.25) is 0 Å². The first kappa shape index (κ1) is 12.5. The van der Waals surface area contributed by atoms with Crippen molar-refractivity contribution in [2.75, 3.05) is 11.4 Å². The van der Waals surface area contributed by atoms with Crippen LogP contribution < -0.4 is 4.90 Å². The molecule has 0 saturated carbocycles. The molecule has 6 heteroatoms. The van der Waals surface area contributed by atoms with E-state index in [1.54, 1.807) is 18.2 Å². The van der Waals surface area contributed by atoms with Crippen molar-refractivity contribution in [2.45, 2.75) is 6.42 Å². The van der Waals surface area contributed by atoms with Crippen LogP contribution >= 0.6 is 0 Å². The zero-order valence-corrected chi connectivity index (χ0v) is 10.6. The lowest BCUT2D eigenvalue weighted by Gasteiger charge is -2.09. The highest BCUT2D eigenvalue weighted by atomic mass is 19.1. The van der Waals surface area contributed by atoms with Gasteiger partial charge in [0, 0.05) is 24.4 Å². The van der Waals surface area contributed by atoms with Crippen molar-refractivity contribution in [2.24, 2.45) is 5.92 Å². The van der Waals surface area contributed by atoms with Gasteiger partial charge in [-0.15, -0.1) is 11.7 Å². The number of halogens is 1. The quantitative estimate of drug-likeness (QED) is 0.806. The number of anilines is 1. The lowest BCUT2D eigenvalue weighted by Crippen LogP contribution is -2.24. The van der Waals surface area contributed by atoms with Gasteiger partial charge < -0.3 is 4.42 Å². The Labute approximate surface area is 114 Å². The minimum absolute atomic E-state index is 0.0793. The van der Waals surface area contributed by atoms with Gasteiger partial charge >= 0.3 is 6.01 Å². The van der Waals surface area contributed by atoms with Crippen molar-refractivity contribution in [1.29, 1.82) is 0 Å². The molecule has 1 amide bonds. The van der Waals surface area contributed by atoms with Gasteiger partial charge in [-0.25, -0.2) is 4.39 Å². The molecule has 1 atom stereocenters. The fourth-order valence-corrected chi connectivity index (χ4v) is 2.14. The molecule has 1 aliphatic rings. The molecule has 1 aromatic heterocycles. The van der Waals surface area contributed by atoms with E-state index >= 15 is 0 Å². The topological polar surface area (TPSA) is 59.2 Å². The summed E-state index contributed by atoms with van der Waals surface area (Å²) in [5.41, 5.74) is 0.482. The van der Waals surface area contributed by atoms with Crippen molar-refractivity contribution in [1.82, 2.24) is 10.2 Å². The Morgan fingerprint density at radius 3 is 3.00 bits per heavy atom. The minimum Gasteiger partial charge on any atom is -0.403 e. The molecule has 0 N–H and O–H groups in total. The average Bonchev–Trinajstić information content (AvgIpc) is 3.05. The largest absolute Gasteiger partial charge is 0.403 e. The number of amides is 1. The lowest BCUT2D eigenvalue weighted by molar-refractivity contribution is -0.117. The van der Waals surface area contributed by atoms with Gasteiger partial charge in [0.15, 0.2) is 0 Å². The Balaban J connectivity index is 1.87. The number of hydrogen-bond donors (Lipinski definition) is 0. The molecule has 0 spiro atoms. The molecule has 2 heterocycles. The van der Waals surface area contributed by atoms with Gasteiger partial charge in [-0.1, -0.05) is 17.2 Å². The van der Waals surface area contributed by atoms with Crippen molar-refractivity contribution in [3.63, 3.8) is 0 Å². The normalized spacial score (nSPS) is 18.6. The number of nitrogens with zero attached hydrogens (tertiary/aromatic N) is 3. The summed E-state index contributed by atoms with van der Waals surface area (Å²) in [6, 6.07) is 6.00. The van der Waals surface area contributed by atoms with Crippen LogP contribution in [0.15, 0.2) is 41.3 Å². The van der Waals surface area contributed by atoms with Crippen LogP contribution in [-0.2, 0) is 4.79 Å². The predicted molar refractivity (Wildman–Crippen MR) is 70.3 cm³/mol. The first-order valence-electron chi connectivity index (χ1n) is 6.20. The molecular weight excluding hydrogens is 261 g/mol. The molecular formula is C14H12FN3O2. The van der Waals surface area contributed by atoms with E-state index in [9.17, 15) is 9.18 Å². The Kier molecular flexibility index (Phi) is 3.06. The summed E-state index contributed by atoms with van der Waals surface area (Å²) in [5.74, 6) is -0.183. The third-order valence-electron chi connectivity index (χ3n) is 3.21. The third-order valence-corrected chi connectivity index (χ3v) is 3.21. The fraction of sp³-hybridized carbons (Fsp3) is 0.214. The van der Waals surface area contributed by atoms with Crippen LogP contribution in [0.1, 0.15) is 6.42 Å². The summed E-state index contributed by atoms with van der Waals surface area (Å²) >= 11 is 0. The van der Waals surface area contributed by atoms with Gasteiger partial charge in [-0.05, 0) is 18.2 Å². The van der Waals surface area contributed by atoms with E-state index in [1.165, 1.54) is 17.0 Å². The first-order valence-corrected chi connectivity index (χ1v) is 6.20. The highest BCUT2D eigenvalue weighted by molar-refractivity contribution is 5.94. The molecule has 5 nitrogen and oxygen atoms in total. The number of carbonyl (C=O) groups excluding carboxylic acids is 1. The molecule has 0 radical (unpaired) electrons. The van der Waals surface area contributed by atoms with Crippen LogP contribution in [0.4, 0.5) is 10.4 Å². The van der Waals surface area contributed by atoms with Crippen molar-refractivity contribution < 1.29 is 13.6 Å². The lowest BCUT2D eigenvalue weighted by atomic mass is 10.1. The zero-order valence-electron chi connectivity index (χ0n) is 10.6. The first-order chi connectivity index (χ1) is 9.67. The zero-order chi connectivity index (χ0) is 14.1. The fourth-order valence-electron chi connectivity index (χ4n) is 2.14. The van der Waals surface area contributed by atoms with Gasteiger partial charge in [0.25, 0.3) is 0 Å². The maximum absolute atomic E-state index is 13.2. The highest BCUT2D eigenvalue weighted by Crippen LogP contribution is 2.27. The number of benzene rings is 1. The van der Waals surface area contributed by atoms with Crippen LogP contribution in [-0.4, -0.2) is 22.6 Å². The molecule has 3 rings (SSSR count). The predicted octanol–water partition coefficient (Wildman–Crippen LogP) is 2.41. The van der Waals surface area contributed by atoms with E-state index in [1.807, 2.05) is 0 Å². The summed E-state index contributed by atoms with van der Waals surface area (Å²) in [6.07, 6.45) is 2.13. The summed E-state index contributed by atoms with van der Waals surface area (Å²) < 4.78 is 18.6. The summed E-state index contributed by atoms with van der Waals surface area (Å²) in [6.45, 7) is 4.16. The van der Waals surface area contributed by atoms with E-state index in [0.717, 1.165) is 0 Å². The monoisotopic (exact) mass is 273 g/mol. The second-order valence-electron chi connectivity index (χ2n) is 4.60. The summed E-state index contributed by atoms with van der Waals surface area (Å²) in [4.78, 5) is 13.3. The molecule has 20 heavy (non-hydrogen) atoms. The minimum atomic E-state index is -0.383. The average molecular weight is 273 g/mol. The highest BCUT2D eigenvalue weighted by Gasteiger charge is 2.32. The van der Waals surface area contributed by atoms with E-state index < -0.39 is 0 Å². The number of rotatable bonds is 3. The van der Waals surface area contributed by atoms with Crippen LogP contribution in [0.25, 0.3) is 11.5 Å². The summed E-state index contributed by atoms with van der Waals surface area (Å²) in [5, 5.41) is 7.71. The molecule has 1 fully saturated rings. The Morgan fingerprint density at radius 1 is 1.45 bits per heavy atom. The molecule has 2 aromatic rings. The summed E-state index contributed by atoms with van der Waals surface area (Å²) in [7, 11) is 0. The second kappa shape index (κ2) is 4.88. The van der Waals surface area contributed by atoms with Crippen molar-refractivity contribution in [3.05, 3.63) is 42.7 Å². The van der Waals surface area contributed by atoms with Crippen LogP contribution in [0.5, 0.6) is 0 Å². The van der Waals surface area contributed by atoms with E-state index in [0.29, 0.717) is 18.5 Å². The van der Waals surface area contributed by atoms with Crippen LogP contribution in [0.3, 0.4) is 0 Å². The second-order valence-corrected chi connectivity index (χ2v) is 4.60. The molecule has 1 aliphatic heterocycles. The molecule has 1 saturated heterocycles. The number of aromatic nitrogens is 2. The van der Waals surface area contributed by atoms with Crippen molar-refractivity contribution in [3.8, 4) is 11.5 Å². The van der Waals surface area contributed by atoms with Gasteiger partial charge in [-0.3, -0.25) is 9.69 Å². The number of hydrogen-bond acceptors (Lipinski definition) is 4. The Hall–Kier alpha value is -2.50. The van der Waals surface area contributed by atoms with E-state index in [4.69, 9.17) is 4.42 Å². The maximum Gasteiger partial charge on any atom is 0.325 e. The third kappa shape index (κ3) is 2.20. The van der Waals surface area contributed by atoms with E-state index in [-0.39, 0.29) is 29.5 Å². The Bertz CT molecular complexity index is 668. The van der Waals surface area contributed by atoms with Crippen molar-refractivity contribution >= 4 is 11.9 Å². The molecule has 0 aliphatic carbocycles. The molecule has 102 valence electrons. The van der Waals surface area contributed by atoms with Gasteiger partial charge in [-0.2, -0.15) is 0 Å². The maximum atomic E-state index is 13.2. The molecule has 1 unspecified atom stereocenters. The standard InChI is InChI=1S/C14H12FN3O2/c1-2-9-6-12(19)18(8-9)14-17-16-13(20-14)10-4-3-5-11(15)7-10/h2-5,7,9H,1,6,8H2. The van der Waals surface area contributed by atoms with Crippen LogP contribution in [0, 0.1) is 11.7 Å². The molecule has 1 aromatic carbocycles. The van der Waals surface area contributed by atoms with Gasteiger partial charge in [0.05, 0.1) is 0 Å². The molecule has 0 bridgehead atoms.